The van der Waals surface area contributed by atoms with Crippen LogP contribution in [-0.4, -0.2) is 42.3 Å². The minimum atomic E-state index is -0.194. The first-order valence-corrected chi connectivity index (χ1v) is 10.2. The fourth-order valence-electron chi connectivity index (χ4n) is 3.36. The Morgan fingerprint density at radius 2 is 1.59 bits per heavy atom. The number of fused-ring (bicyclic) bond motifs is 1. The molecule has 1 atom stereocenters. The molecule has 0 aliphatic carbocycles. The van der Waals surface area contributed by atoms with Crippen LogP contribution in [0.3, 0.4) is 0 Å². The van der Waals surface area contributed by atoms with Crippen LogP contribution in [0.4, 0.5) is 0 Å². The first-order valence-electron chi connectivity index (χ1n) is 10.2. The molecule has 0 aromatic heterocycles. The molecule has 6 heteroatoms. The zero-order chi connectivity index (χ0) is 20.6. The number of guanidine groups is 1. The zero-order valence-corrected chi connectivity index (χ0v) is 17.0. The second-order valence-electron chi connectivity index (χ2n) is 7.05. The molecule has 0 radical (unpaired) electrons. The van der Waals surface area contributed by atoms with Crippen molar-refractivity contribution >= 4 is 17.8 Å². The topological polar surface area (TPSA) is 73.8 Å². The van der Waals surface area contributed by atoms with Crippen molar-refractivity contribution in [3.05, 3.63) is 71.3 Å². The highest BCUT2D eigenvalue weighted by molar-refractivity contribution is 6.21. The molecule has 2 N–H and O–H groups in total. The number of benzene rings is 2. The lowest BCUT2D eigenvalue weighted by molar-refractivity contribution is 0.0652. The Kier molecular flexibility index (Phi) is 7.00. The van der Waals surface area contributed by atoms with Crippen molar-refractivity contribution < 1.29 is 9.59 Å². The molecular weight excluding hydrogens is 364 g/mol. The van der Waals surface area contributed by atoms with Gasteiger partial charge in [-0.3, -0.25) is 19.5 Å². The first-order chi connectivity index (χ1) is 14.1. The molecule has 2 amide bonds. The molecule has 1 aliphatic rings. The van der Waals surface area contributed by atoms with Gasteiger partial charge in [-0.1, -0.05) is 42.5 Å². The third-order valence-electron chi connectivity index (χ3n) is 4.93. The molecule has 6 nitrogen and oxygen atoms in total. The molecule has 152 valence electrons. The van der Waals surface area contributed by atoms with Crippen LogP contribution < -0.4 is 10.6 Å². The van der Waals surface area contributed by atoms with Crippen molar-refractivity contribution in [3.63, 3.8) is 0 Å². The van der Waals surface area contributed by atoms with Gasteiger partial charge < -0.3 is 10.6 Å². The molecule has 29 heavy (non-hydrogen) atoms. The van der Waals surface area contributed by atoms with Crippen LogP contribution in [0.25, 0.3) is 0 Å². The van der Waals surface area contributed by atoms with Crippen LogP contribution in [0.15, 0.2) is 59.6 Å². The SMILES string of the molecule is CCNC(=NCCCCN1C(=O)c2ccccc2C1=O)NC(C)c1ccccc1. The number of hydrogen-bond donors (Lipinski definition) is 2. The second-order valence-corrected chi connectivity index (χ2v) is 7.05. The molecule has 0 saturated carbocycles. The van der Waals surface area contributed by atoms with Crippen molar-refractivity contribution in [2.75, 3.05) is 19.6 Å². The number of imide groups is 1. The molecule has 0 bridgehead atoms. The smallest absolute Gasteiger partial charge is 0.261 e. The van der Waals surface area contributed by atoms with Gasteiger partial charge in [0.15, 0.2) is 5.96 Å². The summed E-state index contributed by atoms with van der Waals surface area (Å²) in [5.74, 6) is 0.381. The van der Waals surface area contributed by atoms with Gasteiger partial charge in [0, 0.05) is 19.6 Å². The number of carbonyl (C=O) groups excluding carboxylic acids is 2. The third-order valence-corrected chi connectivity index (χ3v) is 4.93. The maximum Gasteiger partial charge on any atom is 0.261 e. The van der Waals surface area contributed by atoms with Crippen LogP contribution in [0.5, 0.6) is 0 Å². The zero-order valence-electron chi connectivity index (χ0n) is 17.0. The van der Waals surface area contributed by atoms with E-state index in [1.807, 2.05) is 25.1 Å². The highest BCUT2D eigenvalue weighted by Crippen LogP contribution is 2.22. The summed E-state index contributed by atoms with van der Waals surface area (Å²) in [5, 5.41) is 6.67. The van der Waals surface area contributed by atoms with Gasteiger partial charge in [-0.05, 0) is 44.4 Å². The fraction of sp³-hybridized carbons (Fsp3) is 0.348. The quantitative estimate of drug-likeness (QED) is 0.313. The number of amides is 2. The predicted octanol–water partition coefficient (Wildman–Crippen LogP) is 3.38. The van der Waals surface area contributed by atoms with E-state index in [1.165, 1.54) is 10.5 Å². The Hall–Kier alpha value is -3.15. The Morgan fingerprint density at radius 1 is 0.966 bits per heavy atom. The van der Waals surface area contributed by atoms with E-state index in [0.29, 0.717) is 24.2 Å². The first kappa shape index (κ1) is 20.6. The maximum absolute atomic E-state index is 12.4. The summed E-state index contributed by atoms with van der Waals surface area (Å²) in [6.07, 6.45) is 1.52. The largest absolute Gasteiger partial charge is 0.357 e. The lowest BCUT2D eigenvalue weighted by Gasteiger charge is -2.18. The van der Waals surface area contributed by atoms with E-state index in [1.54, 1.807) is 24.3 Å². The third kappa shape index (κ3) is 5.02. The summed E-state index contributed by atoms with van der Waals surface area (Å²) in [7, 11) is 0. The number of carbonyl (C=O) groups is 2. The van der Waals surface area contributed by atoms with E-state index in [0.717, 1.165) is 25.3 Å². The molecule has 1 heterocycles. The van der Waals surface area contributed by atoms with Gasteiger partial charge in [0.25, 0.3) is 11.8 Å². The average Bonchev–Trinajstić information content (AvgIpc) is 2.99. The molecule has 1 aliphatic heterocycles. The molecule has 0 fully saturated rings. The van der Waals surface area contributed by atoms with Crippen molar-refractivity contribution in [3.8, 4) is 0 Å². The lowest BCUT2D eigenvalue weighted by Crippen LogP contribution is -2.38. The summed E-state index contributed by atoms with van der Waals surface area (Å²) in [6.45, 7) is 5.96. The molecule has 2 aromatic rings. The van der Waals surface area contributed by atoms with Gasteiger partial charge in [0.05, 0.1) is 17.2 Å². The summed E-state index contributed by atoms with van der Waals surface area (Å²) in [4.78, 5) is 30.7. The number of rotatable bonds is 8. The van der Waals surface area contributed by atoms with Gasteiger partial charge >= 0.3 is 0 Å². The monoisotopic (exact) mass is 392 g/mol. The Morgan fingerprint density at radius 3 is 2.21 bits per heavy atom. The van der Waals surface area contributed by atoms with E-state index in [-0.39, 0.29) is 17.9 Å². The minimum absolute atomic E-state index is 0.146. The maximum atomic E-state index is 12.4. The Balaban J connectivity index is 1.48. The van der Waals surface area contributed by atoms with Gasteiger partial charge in [-0.25, -0.2) is 0 Å². The number of unbranched alkanes of at least 4 members (excludes halogenated alkanes) is 1. The van der Waals surface area contributed by atoms with Gasteiger partial charge in [-0.2, -0.15) is 0 Å². The van der Waals surface area contributed by atoms with Gasteiger partial charge in [0.2, 0.25) is 0 Å². The summed E-state index contributed by atoms with van der Waals surface area (Å²) in [6, 6.07) is 17.4. The summed E-state index contributed by atoms with van der Waals surface area (Å²) < 4.78 is 0. The second kappa shape index (κ2) is 9.87. The van der Waals surface area contributed by atoms with Crippen molar-refractivity contribution in [2.45, 2.75) is 32.7 Å². The minimum Gasteiger partial charge on any atom is -0.357 e. The van der Waals surface area contributed by atoms with Gasteiger partial charge in [-0.15, -0.1) is 0 Å². The van der Waals surface area contributed by atoms with E-state index in [2.05, 4.69) is 34.7 Å². The van der Waals surface area contributed by atoms with Crippen LogP contribution in [0.2, 0.25) is 0 Å². The number of aliphatic imine (C=N–C) groups is 1. The molecule has 0 saturated heterocycles. The van der Waals surface area contributed by atoms with Gasteiger partial charge in [0.1, 0.15) is 0 Å². The van der Waals surface area contributed by atoms with E-state index in [4.69, 9.17) is 0 Å². The summed E-state index contributed by atoms with van der Waals surface area (Å²) in [5.41, 5.74) is 2.21. The van der Waals surface area contributed by atoms with Crippen molar-refractivity contribution in [1.82, 2.24) is 15.5 Å². The van der Waals surface area contributed by atoms with E-state index in [9.17, 15) is 9.59 Å². The Labute approximate surface area is 172 Å². The molecule has 1 unspecified atom stereocenters. The number of hydrogen-bond acceptors (Lipinski definition) is 3. The van der Waals surface area contributed by atoms with Crippen LogP contribution in [0.1, 0.15) is 59.0 Å². The number of nitrogens with zero attached hydrogens (tertiary/aromatic N) is 2. The highest BCUT2D eigenvalue weighted by Gasteiger charge is 2.34. The highest BCUT2D eigenvalue weighted by atomic mass is 16.2. The molecular formula is C23H28N4O2. The number of nitrogens with one attached hydrogen (secondary N) is 2. The van der Waals surface area contributed by atoms with Crippen LogP contribution >= 0.6 is 0 Å². The fourth-order valence-corrected chi connectivity index (χ4v) is 3.36. The summed E-state index contributed by atoms with van der Waals surface area (Å²) >= 11 is 0. The Bertz CT molecular complexity index is 844. The van der Waals surface area contributed by atoms with E-state index >= 15 is 0 Å². The van der Waals surface area contributed by atoms with Crippen molar-refractivity contribution in [1.29, 1.82) is 0 Å². The molecule has 0 spiro atoms. The predicted molar refractivity (Wildman–Crippen MR) is 115 cm³/mol. The van der Waals surface area contributed by atoms with E-state index < -0.39 is 0 Å². The molecule has 3 rings (SSSR count). The van der Waals surface area contributed by atoms with Crippen LogP contribution in [-0.2, 0) is 0 Å². The van der Waals surface area contributed by atoms with Crippen molar-refractivity contribution in [2.24, 2.45) is 4.99 Å². The molecule has 2 aromatic carbocycles. The normalized spacial score (nSPS) is 14.7. The lowest BCUT2D eigenvalue weighted by atomic mass is 10.1. The van der Waals surface area contributed by atoms with Crippen LogP contribution in [0, 0.1) is 0 Å². The standard InChI is InChI=1S/C23H28N4O2/c1-3-24-23(26-17(2)18-11-5-4-6-12-18)25-15-9-10-16-27-21(28)19-13-7-8-14-20(19)22(27)29/h4-8,11-14,17H,3,9-10,15-16H2,1-2H3,(H2,24,25,26). The average molecular weight is 393 g/mol.